The number of aryl methyl sites for hydroxylation is 1. The molecule has 0 aliphatic heterocycles. The number of hydrogen-bond donors (Lipinski definition) is 1. The van der Waals surface area contributed by atoms with Gasteiger partial charge in [-0.3, -0.25) is 9.67 Å². The highest BCUT2D eigenvalue weighted by Gasteiger charge is 2.00. The van der Waals surface area contributed by atoms with Crippen LogP contribution in [-0.2, 0) is 20.2 Å². The average Bonchev–Trinajstić information content (AvgIpc) is 2.81. The second-order valence-corrected chi connectivity index (χ2v) is 4.83. The monoisotopic (exact) mass is 260 g/mol. The van der Waals surface area contributed by atoms with Crippen molar-refractivity contribution in [1.82, 2.24) is 20.1 Å². The summed E-state index contributed by atoms with van der Waals surface area (Å²) in [6.07, 6.45) is 5.50. The average molecular weight is 260 g/mol. The zero-order chi connectivity index (χ0) is 13.7. The number of ether oxygens (including phenoxy) is 1. The lowest BCUT2D eigenvalue weighted by Gasteiger charge is -2.08. The molecule has 2 aromatic rings. The van der Waals surface area contributed by atoms with Crippen molar-refractivity contribution in [2.75, 3.05) is 0 Å². The molecular weight excluding hydrogens is 240 g/mol. The zero-order valence-electron chi connectivity index (χ0n) is 11.6. The second-order valence-electron chi connectivity index (χ2n) is 4.83. The van der Waals surface area contributed by atoms with Gasteiger partial charge in [0.25, 0.3) is 0 Å². The molecular formula is C14H20N4O. The van der Waals surface area contributed by atoms with Gasteiger partial charge in [-0.1, -0.05) is 13.8 Å². The Kier molecular flexibility index (Phi) is 4.52. The summed E-state index contributed by atoms with van der Waals surface area (Å²) >= 11 is 0. The van der Waals surface area contributed by atoms with Crippen molar-refractivity contribution in [2.24, 2.45) is 7.05 Å². The van der Waals surface area contributed by atoms with Crippen LogP contribution in [0, 0.1) is 0 Å². The molecule has 0 unspecified atom stereocenters. The Hall–Kier alpha value is -1.88. The fourth-order valence-corrected chi connectivity index (χ4v) is 1.62. The third-order valence-electron chi connectivity index (χ3n) is 2.65. The van der Waals surface area contributed by atoms with Crippen LogP contribution in [0.5, 0.6) is 5.75 Å². The van der Waals surface area contributed by atoms with Gasteiger partial charge in [-0.2, -0.15) is 5.10 Å². The summed E-state index contributed by atoms with van der Waals surface area (Å²) in [6, 6.07) is 4.39. The van der Waals surface area contributed by atoms with E-state index in [1.54, 1.807) is 17.1 Å². The lowest BCUT2D eigenvalue weighted by Crippen LogP contribution is -2.22. The van der Waals surface area contributed by atoms with Crippen LogP contribution >= 0.6 is 0 Å². The third kappa shape index (κ3) is 4.37. The Labute approximate surface area is 113 Å². The molecule has 0 aliphatic rings. The van der Waals surface area contributed by atoms with Crippen LogP contribution in [0.15, 0.2) is 30.7 Å². The lowest BCUT2D eigenvalue weighted by molar-refractivity contribution is 0.304. The van der Waals surface area contributed by atoms with Crippen molar-refractivity contribution in [1.29, 1.82) is 0 Å². The van der Waals surface area contributed by atoms with Crippen LogP contribution in [0.25, 0.3) is 0 Å². The molecule has 102 valence electrons. The van der Waals surface area contributed by atoms with Crippen LogP contribution in [0.3, 0.4) is 0 Å². The maximum atomic E-state index is 5.65. The van der Waals surface area contributed by atoms with Gasteiger partial charge in [-0.15, -0.1) is 0 Å². The first kappa shape index (κ1) is 13.5. The van der Waals surface area contributed by atoms with E-state index in [4.69, 9.17) is 4.74 Å². The van der Waals surface area contributed by atoms with Gasteiger partial charge < -0.3 is 10.1 Å². The Morgan fingerprint density at radius 3 is 2.74 bits per heavy atom. The van der Waals surface area contributed by atoms with Crippen molar-refractivity contribution in [3.8, 4) is 5.75 Å². The third-order valence-corrected chi connectivity index (χ3v) is 2.65. The minimum Gasteiger partial charge on any atom is -0.487 e. The van der Waals surface area contributed by atoms with Gasteiger partial charge in [0.2, 0.25) is 0 Å². The Balaban J connectivity index is 1.84. The summed E-state index contributed by atoms with van der Waals surface area (Å²) in [7, 11) is 1.89. The van der Waals surface area contributed by atoms with E-state index in [2.05, 4.69) is 29.2 Å². The molecule has 0 amide bonds. The SMILES string of the molecule is CC(C)NCc1ccc(OCc2cnn(C)c2)cn1. The van der Waals surface area contributed by atoms with Gasteiger partial charge >= 0.3 is 0 Å². The summed E-state index contributed by atoms with van der Waals surface area (Å²) in [6.45, 7) is 5.52. The number of nitrogens with one attached hydrogen (secondary N) is 1. The maximum absolute atomic E-state index is 5.65. The van der Waals surface area contributed by atoms with Crippen molar-refractivity contribution >= 4 is 0 Å². The van der Waals surface area contributed by atoms with Gasteiger partial charge in [-0.05, 0) is 12.1 Å². The standard InChI is InChI=1S/C14H20N4O/c1-11(2)15-7-13-4-5-14(8-16-13)19-10-12-6-17-18(3)9-12/h4-6,8-9,11,15H,7,10H2,1-3H3. The minimum absolute atomic E-state index is 0.461. The van der Waals surface area contributed by atoms with Gasteiger partial charge in [0.15, 0.2) is 0 Å². The smallest absolute Gasteiger partial charge is 0.138 e. The van der Waals surface area contributed by atoms with Crippen molar-refractivity contribution < 1.29 is 4.74 Å². The van der Waals surface area contributed by atoms with Crippen LogP contribution in [0.4, 0.5) is 0 Å². The molecule has 2 aromatic heterocycles. The fourth-order valence-electron chi connectivity index (χ4n) is 1.62. The predicted octanol–water partition coefficient (Wildman–Crippen LogP) is 1.89. The molecule has 5 nitrogen and oxygen atoms in total. The summed E-state index contributed by atoms with van der Waals surface area (Å²) in [5.74, 6) is 0.775. The fraction of sp³-hybridized carbons (Fsp3) is 0.429. The molecule has 0 saturated heterocycles. The van der Waals surface area contributed by atoms with E-state index in [9.17, 15) is 0 Å². The summed E-state index contributed by atoms with van der Waals surface area (Å²) in [4.78, 5) is 4.36. The number of hydrogen-bond acceptors (Lipinski definition) is 4. The van der Waals surface area contributed by atoms with Crippen LogP contribution in [0.2, 0.25) is 0 Å². The van der Waals surface area contributed by atoms with E-state index in [0.29, 0.717) is 12.6 Å². The first-order valence-corrected chi connectivity index (χ1v) is 6.42. The molecule has 0 radical (unpaired) electrons. The molecule has 0 aromatic carbocycles. The van der Waals surface area contributed by atoms with Crippen molar-refractivity contribution in [3.05, 3.63) is 42.0 Å². The highest BCUT2D eigenvalue weighted by Crippen LogP contribution is 2.11. The molecule has 0 atom stereocenters. The van der Waals surface area contributed by atoms with E-state index >= 15 is 0 Å². The second kappa shape index (κ2) is 6.33. The van der Waals surface area contributed by atoms with Crippen LogP contribution < -0.4 is 10.1 Å². The first-order valence-electron chi connectivity index (χ1n) is 6.42. The molecule has 1 N–H and O–H groups in total. The van der Waals surface area contributed by atoms with E-state index < -0.39 is 0 Å². The normalized spacial score (nSPS) is 10.9. The molecule has 2 rings (SSSR count). The van der Waals surface area contributed by atoms with E-state index in [1.807, 2.05) is 25.4 Å². The number of aromatic nitrogens is 3. The molecule has 19 heavy (non-hydrogen) atoms. The Bertz CT molecular complexity index is 504. The van der Waals surface area contributed by atoms with Crippen molar-refractivity contribution in [3.63, 3.8) is 0 Å². The molecule has 5 heteroatoms. The van der Waals surface area contributed by atoms with Crippen molar-refractivity contribution in [2.45, 2.75) is 33.0 Å². The molecule has 0 saturated carbocycles. The maximum Gasteiger partial charge on any atom is 0.138 e. The van der Waals surface area contributed by atoms with E-state index in [1.165, 1.54) is 0 Å². The van der Waals surface area contributed by atoms with Gasteiger partial charge in [0.1, 0.15) is 12.4 Å². The van der Waals surface area contributed by atoms with E-state index in [0.717, 1.165) is 23.6 Å². The van der Waals surface area contributed by atoms with E-state index in [-0.39, 0.29) is 0 Å². The Morgan fingerprint density at radius 1 is 1.32 bits per heavy atom. The van der Waals surface area contributed by atoms with Gasteiger partial charge in [0, 0.05) is 31.4 Å². The molecule has 0 spiro atoms. The quantitative estimate of drug-likeness (QED) is 0.861. The lowest BCUT2D eigenvalue weighted by atomic mass is 10.3. The predicted molar refractivity (Wildman–Crippen MR) is 73.8 cm³/mol. The Morgan fingerprint density at radius 2 is 2.16 bits per heavy atom. The number of pyridine rings is 1. The molecule has 0 bridgehead atoms. The zero-order valence-corrected chi connectivity index (χ0v) is 11.6. The minimum atomic E-state index is 0.461. The highest BCUT2D eigenvalue weighted by atomic mass is 16.5. The van der Waals surface area contributed by atoms with Crippen LogP contribution in [0.1, 0.15) is 25.1 Å². The van der Waals surface area contributed by atoms with Gasteiger partial charge in [0.05, 0.1) is 18.1 Å². The summed E-state index contributed by atoms with van der Waals surface area (Å²) in [5.41, 5.74) is 2.07. The van der Waals surface area contributed by atoms with Crippen LogP contribution in [-0.4, -0.2) is 20.8 Å². The summed E-state index contributed by atoms with van der Waals surface area (Å²) in [5, 5.41) is 7.42. The first-order chi connectivity index (χ1) is 9.13. The van der Waals surface area contributed by atoms with Gasteiger partial charge in [-0.25, -0.2) is 0 Å². The topological polar surface area (TPSA) is 52.0 Å². The largest absolute Gasteiger partial charge is 0.487 e. The number of nitrogens with zero attached hydrogens (tertiary/aromatic N) is 3. The number of rotatable bonds is 6. The molecule has 0 fully saturated rings. The molecule has 2 heterocycles. The summed E-state index contributed by atoms with van der Waals surface area (Å²) < 4.78 is 7.41. The molecule has 0 aliphatic carbocycles. The highest BCUT2D eigenvalue weighted by molar-refractivity contribution is 5.20.